The van der Waals surface area contributed by atoms with Gasteiger partial charge in [0.25, 0.3) is 5.91 Å². The van der Waals surface area contributed by atoms with Crippen LogP contribution < -0.4 is 4.74 Å². The third-order valence-corrected chi connectivity index (χ3v) is 5.00. The lowest BCUT2D eigenvalue weighted by Crippen LogP contribution is -2.22. The summed E-state index contributed by atoms with van der Waals surface area (Å²) in [4.78, 5) is 13.0. The molecule has 3 rings (SSSR count). The van der Waals surface area contributed by atoms with Gasteiger partial charge in [0.05, 0.1) is 18.2 Å². The van der Waals surface area contributed by atoms with Crippen molar-refractivity contribution in [3.05, 3.63) is 63.5 Å². The Hall–Kier alpha value is -2.35. The molecule has 1 saturated heterocycles. The molecular formula is C18H13ClN2O3S2. The van der Waals surface area contributed by atoms with Crippen LogP contribution in [0.1, 0.15) is 11.1 Å². The molecule has 1 N–H and O–H groups in total. The Morgan fingerprint density at radius 1 is 1.23 bits per heavy atom. The normalized spacial score (nSPS) is 16.1. The zero-order chi connectivity index (χ0) is 18.7. The van der Waals surface area contributed by atoms with Crippen molar-refractivity contribution in [2.45, 2.75) is 0 Å². The predicted molar refractivity (Wildman–Crippen MR) is 109 cm³/mol. The summed E-state index contributed by atoms with van der Waals surface area (Å²) in [5, 5.41) is 15.6. The van der Waals surface area contributed by atoms with Gasteiger partial charge < -0.3 is 9.84 Å². The number of phenolic OH excluding ortho intramolecular Hbond substituents is 1. The number of hydrazone groups is 1. The molecule has 0 aliphatic carbocycles. The Labute approximate surface area is 164 Å². The number of hydrogen-bond donors (Lipinski definition) is 1. The van der Waals surface area contributed by atoms with E-state index in [9.17, 15) is 9.90 Å². The molecule has 1 aliphatic rings. The van der Waals surface area contributed by atoms with Gasteiger partial charge in [0.2, 0.25) is 0 Å². The van der Waals surface area contributed by atoms with E-state index in [0.717, 1.165) is 17.3 Å². The molecule has 132 valence electrons. The highest BCUT2D eigenvalue weighted by atomic mass is 35.5. The summed E-state index contributed by atoms with van der Waals surface area (Å²) in [5.41, 5.74) is 1.51. The fraction of sp³-hybridized carbons (Fsp3) is 0.0556. The molecule has 1 heterocycles. The van der Waals surface area contributed by atoms with E-state index in [4.69, 9.17) is 28.6 Å². The molecule has 8 heteroatoms. The third kappa shape index (κ3) is 4.07. The summed E-state index contributed by atoms with van der Waals surface area (Å²) in [6, 6.07) is 11.9. The number of carbonyl (C=O) groups excluding carboxylic acids is 1. The monoisotopic (exact) mass is 404 g/mol. The number of hydrogen-bond acceptors (Lipinski definition) is 6. The minimum atomic E-state index is -0.308. The van der Waals surface area contributed by atoms with Crippen LogP contribution in [0.4, 0.5) is 0 Å². The Morgan fingerprint density at radius 3 is 2.62 bits per heavy atom. The van der Waals surface area contributed by atoms with Crippen molar-refractivity contribution in [1.82, 2.24) is 5.01 Å². The van der Waals surface area contributed by atoms with Gasteiger partial charge in [-0.2, -0.15) is 10.1 Å². The highest BCUT2D eigenvalue weighted by molar-refractivity contribution is 8.26. The smallest absolute Gasteiger partial charge is 0.286 e. The van der Waals surface area contributed by atoms with Crippen LogP contribution in [-0.4, -0.2) is 33.7 Å². The van der Waals surface area contributed by atoms with Crippen molar-refractivity contribution < 1.29 is 14.6 Å². The van der Waals surface area contributed by atoms with Crippen LogP contribution in [0.15, 0.2) is 52.5 Å². The summed E-state index contributed by atoms with van der Waals surface area (Å²) in [7, 11) is 1.46. The van der Waals surface area contributed by atoms with Crippen LogP contribution >= 0.6 is 35.6 Å². The minimum absolute atomic E-state index is 0.0322. The van der Waals surface area contributed by atoms with Crippen LogP contribution in [-0.2, 0) is 4.79 Å². The highest BCUT2D eigenvalue weighted by Gasteiger charge is 2.32. The van der Waals surface area contributed by atoms with Gasteiger partial charge in [-0.05, 0) is 53.7 Å². The minimum Gasteiger partial charge on any atom is -0.504 e. The van der Waals surface area contributed by atoms with Crippen molar-refractivity contribution in [3.63, 3.8) is 0 Å². The van der Waals surface area contributed by atoms with E-state index >= 15 is 0 Å². The molecule has 2 aromatic rings. The maximum absolute atomic E-state index is 12.6. The van der Waals surface area contributed by atoms with Gasteiger partial charge in [-0.1, -0.05) is 41.6 Å². The Kier molecular flexibility index (Phi) is 5.61. The molecule has 0 aromatic heterocycles. The van der Waals surface area contributed by atoms with Crippen molar-refractivity contribution in [3.8, 4) is 11.5 Å². The lowest BCUT2D eigenvalue weighted by Gasteiger charge is -2.06. The number of ether oxygens (including phenoxy) is 1. The second kappa shape index (κ2) is 7.90. The van der Waals surface area contributed by atoms with Crippen LogP contribution in [0.25, 0.3) is 6.08 Å². The van der Waals surface area contributed by atoms with Crippen molar-refractivity contribution in [1.29, 1.82) is 0 Å². The number of amides is 1. The Bertz CT molecular complexity index is 927. The number of phenols is 1. The number of thioether (sulfide) groups is 1. The number of nitrogens with zero attached hydrogens (tertiary/aromatic N) is 2. The van der Waals surface area contributed by atoms with Gasteiger partial charge in [-0.15, -0.1) is 0 Å². The van der Waals surface area contributed by atoms with Crippen molar-refractivity contribution in [2.75, 3.05) is 7.11 Å². The van der Waals surface area contributed by atoms with E-state index in [0.29, 0.717) is 25.6 Å². The summed E-state index contributed by atoms with van der Waals surface area (Å²) in [5.74, 6) is 0.0528. The number of benzene rings is 2. The molecule has 0 atom stereocenters. The van der Waals surface area contributed by atoms with Gasteiger partial charge in [0.15, 0.2) is 15.8 Å². The molecule has 5 nitrogen and oxygen atoms in total. The molecule has 2 aromatic carbocycles. The molecule has 0 bridgehead atoms. The zero-order valence-electron chi connectivity index (χ0n) is 13.5. The number of carbonyl (C=O) groups is 1. The van der Waals surface area contributed by atoms with Crippen LogP contribution in [0.5, 0.6) is 11.5 Å². The van der Waals surface area contributed by atoms with Gasteiger partial charge in [0.1, 0.15) is 0 Å². The average molecular weight is 405 g/mol. The number of thiocarbonyl (C=S) groups is 1. The number of halogens is 1. The van der Waals surface area contributed by atoms with E-state index in [1.54, 1.807) is 48.7 Å². The standard InChI is InChI=1S/C18H13ClN2O3S2/c1-24-15-8-12(4-7-14(15)22)9-16-17(23)21(18(25)26-16)20-10-11-2-5-13(19)6-3-11/h2-10,22H,1H3/b16-9+,20-10+. The molecule has 1 fully saturated rings. The van der Waals surface area contributed by atoms with E-state index in [-0.39, 0.29) is 11.7 Å². The molecule has 0 spiro atoms. The second-order valence-corrected chi connectivity index (χ2v) is 7.33. The molecule has 0 radical (unpaired) electrons. The van der Waals surface area contributed by atoms with Crippen molar-refractivity contribution in [2.24, 2.45) is 5.10 Å². The molecule has 0 saturated carbocycles. The van der Waals surface area contributed by atoms with Crippen LogP contribution in [0, 0.1) is 0 Å². The van der Waals surface area contributed by atoms with E-state index in [2.05, 4.69) is 5.10 Å². The fourth-order valence-corrected chi connectivity index (χ4v) is 3.47. The number of methoxy groups -OCH3 is 1. The SMILES string of the molecule is COc1cc(/C=C2/SC(=S)N(/N=C/c3ccc(Cl)cc3)C2=O)ccc1O. The van der Waals surface area contributed by atoms with Gasteiger partial charge in [0, 0.05) is 5.02 Å². The molecular weight excluding hydrogens is 392 g/mol. The fourth-order valence-electron chi connectivity index (χ4n) is 2.17. The first-order valence-corrected chi connectivity index (χ1v) is 9.03. The molecule has 26 heavy (non-hydrogen) atoms. The lowest BCUT2D eigenvalue weighted by molar-refractivity contribution is -0.122. The number of aromatic hydroxyl groups is 1. The van der Waals surface area contributed by atoms with E-state index < -0.39 is 0 Å². The first-order chi connectivity index (χ1) is 12.5. The maximum Gasteiger partial charge on any atom is 0.286 e. The van der Waals surface area contributed by atoms with Crippen LogP contribution in [0.2, 0.25) is 5.02 Å². The van der Waals surface area contributed by atoms with Gasteiger partial charge in [-0.3, -0.25) is 4.79 Å². The number of rotatable bonds is 4. The van der Waals surface area contributed by atoms with Crippen LogP contribution in [0.3, 0.4) is 0 Å². The van der Waals surface area contributed by atoms with E-state index in [1.807, 2.05) is 0 Å². The predicted octanol–water partition coefficient (Wildman–Crippen LogP) is 4.29. The lowest BCUT2D eigenvalue weighted by atomic mass is 10.2. The third-order valence-electron chi connectivity index (χ3n) is 3.47. The molecule has 1 aliphatic heterocycles. The molecule has 0 unspecified atom stereocenters. The first-order valence-electron chi connectivity index (χ1n) is 7.42. The Morgan fingerprint density at radius 2 is 1.92 bits per heavy atom. The maximum atomic E-state index is 12.6. The second-order valence-electron chi connectivity index (χ2n) is 5.22. The van der Waals surface area contributed by atoms with Gasteiger partial charge in [-0.25, -0.2) is 0 Å². The zero-order valence-corrected chi connectivity index (χ0v) is 15.9. The summed E-state index contributed by atoms with van der Waals surface area (Å²) in [6.07, 6.45) is 3.23. The summed E-state index contributed by atoms with van der Waals surface area (Å²) in [6.45, 7) is 0. The summed E-state index contributed by atoms with van der Waals surface area (Å²) >= 11 is 12.3. The topological polar surface area (TPSA) is 62.1 Å². The average Bonchev–Trinajstić information content (AvgIpc) is 2.89. The highest BCUT2D eigenvalue weighted by Crippen LogP contribution is 2.34. The van der Waals surface area contributed by atoms with Gasteiger partial charge >= 0.3 is 0 Å². The Balaban J connectivity index is 1.81. The first kappa shape index (κ1) is 18.4. The summed E-state index contributed by atoms with van der Waals surface area (Å²) < 4.78 is 5.42. The quantitative estimate of drug-likeness (QED) is 0.468. The van der Waals surface area contributed by atoms with E-state index in [1.165, 1.54) is 18.2 Å². The largest absolute Gasteiger partial charge is 0.504 e. The molecule has 1 amide bonds. The van der Waals surface area contributed by atoms with Crippen molar-refractivity contribution >= 4 is 58.1 Å².